The van der Waals surface area contributed by atoms with Crippen LogP contribution < -0.4 is 5.73 Å². The summed E-state index contributed by atoms with van der Waals surface area (Å²) >= 11 is 0. The van der Waals surface area contributed by atoms with Crippen LogP contribution in [0, 0.1) is 0 Å². The fraction of sp³-hybridized carbons (Fsp3) is 0.188. The number of hydrogen-bond acceptors (Lipinski definition) is 4. The summed E-state index contributed by atoms with van der Waals surface area (Å²) in [6, 6.07) is 8.22. The van der Waals surface area contributed by atoms with Gasteiger partial charge < -0.3 is 10.5 Å². The van der Waals surface area contributed by atoms with Crippen molar-refractivity contribution in [3.05, 3.63) is 59.9 Å². The van der Waals surface area contributed by atoms with Gasteiger partial charge in [0.15, 0.2) is 5.76 Å². The lowest BCUT2D eigenvalue weighted by atomic mass is 9.90. The van der Waals surface area contributed by atoms with Crippen LogP contribution in [-0.2, 0) is 9.53 Å². The number of ketones is 1. The summed E-state index contributed by atoms with van der Waals surface area (Å²) in [7, 11) is 0. The molecule has 0 fully saturated rings. The molecule has 1 unspecified atom stereocenters. The molecular weight excluding hydrogens is 284 g/mol. The fourth-order valence-corrected chi connectivity index (χ4v) is 2.11. The molecule has 1 aliphatic rings. The molecule has 0 aliphatic heterocycles. The standard InChI is InChI=1S/C16H16N2O4/c1-2-18(15(17)20)16(21)22-13-10-6-9-12(14(13)19)11-7-4-3-5-8-11/h3-10,12H,2H2,1H3,(H2,17,20). The minimum Gasteiger partial charge on any atom is -0.406 e. The van der Waals surface area contributed by atoms with Gasteiger partial charge in [0.05, 0.1) is 5.92 Å². The van der Waals surface area contributed by atoms with Gasteiger partial charge in [0, 0.05) is 6.54 Å². The molecule has 0 bridgehead atoms. The number of urea groups is 1. The van der Waals surface area contributed by atoms with E-state index < -0.39 is 18.0 Å². The number of rotatable bonds is 3. The van der Waals surface area contributed by atoms with E-state index in [0.717, 1.165) is 5.56 Å². The molecule has 0 heterocycles. The molecule has 0 radical (unpaired) electrons. The Bertz CT molecular complexity index is 649. The van der Waals surface area contributed by atoms with Crippen molar-refractivity contribution in [2.75, 3.05) is 6.54 Å². The second kappa shape index (κ2) is 6.71. The van der Waals surface area contributed by atoms with Gasteiger partial charge in [-0.2, -0.15) is 0 Å². The highest BCUT2D eigenvalue weighted by atomic mass is 16.6. The first-order valence-corrected chi connectivity index (χ1v) is 6.81. The van der Waals surface area contributed by atoms with E-state index >= 15 is 0 Å². The Balaban J connectivity index is 2.15. The first-order valence-electron chi connectivity index (χ1n) is 6.81. The molecule has 0 saturated heterocycles. The minimum absolute atomic E-state index is 0.0631. The number of allylic oxidation sites excluding steroid dienone is 4. The first kappa shape index (κ1) is 15.5. The Morgan fingerprint density at radius 3 is 2.55 bits per heavy atom. The maximum absolute atomic E-state index is 12.4. The van der Waals surface area contributed by atoms with Gasteiger partial charge in [0.1, 0.15) is 0 Å². The van der Waals surface area contributed by atoms with Gasteiger partial charge in [0.25, 0.3) is 0 Å². The van der Waals surface area contributed by atoms with E-state index in [2.05, 4.69) is 0 Å². The van der Waals surface area contributed by atoms with Crippen molar-refractivity contribution < 1.29 is 19.1 Å². The zero-order valence-electron chi connectivity index (χ0n) is 12.1. The second-order valence-electron chi connectivity index (χ2n) is 4.62. The number of imide groups is 1. The quantitative estimate of drug-likeness (QED) is 0.927. The zero-order chi connectivity index (χ0) is 16.1. The van der Waals surface area contributed by atoms with E-state index in [4.69, 9.17) is 10.5 Å². The van der Waals surface area contributed by atoms with Gasteiger partial charge in [0.2, 0.25) is 5.78 Å². The Labute approximate surface area is 127 Å². The largest absolute Gasteiger partial charge is 0.423 e. The van der Waals surface area contributed by atoms with Gasteiger partial charge >= 0.3 is 12.1 Å². The molecule has 1 aromatic carbocycles. The predicted molar refractivity (Wildman–Crippen MR) is 79.9 cm³/mol. The summed E-state index contributed by atoms with van der Waals surface area (Å²) in [6.07, 6.45) is 3.80. The van der Waals surface area contributed by atoms with Crippen LogP contribution in [0.1, 0.15) is 18.4 Å². The Hall–Kier alpha value is -2.89. The number of ether oxygens (including phenoxy) is 1. The second-order valence-corrected chi connectivity index (χ2v) is 4.62. The highest BCUT2D eigenvalue weighted by Crippen LogP contribution is 2.26. The molecule has 2 N–H and O–H groups in total. The summed E-state index contributed by atoms with van der Waals surface area (Å²) < 4.78 is 5.02. The number of hydrogen-bond donors (Lipinski definition) is 1. The first-order chi connectivity index (χ1) is 10.5. The van der Waals surface area contributed by atoms with Gasteiger partial charge in [-0.1, -0.05) is 42.5 Å². The molecule has 6 heteroatoms. The third-order valence-corrected chi connectivity index (χ3v) is 3.24. The predicted octanol–water partition coefficient (Wildman–Crippen LogP) is 2.33. The fourth-order valence-electron chi connectivity index (χ4n) is 2.11. The number of benzene rings is 1. The average Bonchev–Trinajstić information content (AvgIpc) is 2.50. The molecule has 2 rings (SSSR count). The molecule has 1 aromatic rings. The lowest BCUT2D eigenvalue weighted by Crippen LogP contribution is -2.41. The molecule has 0 spiro atoms. The van der Waals surface area contributed by atoms with E-state index in [1.165, 1.54) is 6.08 Å². The van der Waals surface area contributed by atoms with Crippen molar-refractivity contribution in [2.24, 2.45) is 5.73 Å². The van der Waals surface area contributed by atoms with Crippen molar-refractivity contribution in [1.29, 1.82) is 0 Å². The molecule has 0 saturated carbocycles. The lowest BCUT2D eigenvalue weighted by molar-refractivity contribution is -0.118. The van der Waals surface area contributed by atoms with Crippen molar-refractivity contribution in [2.45, 2.75) is 12.8 Å². The molecule has 1 atom stereocenters. The molecule has 3 amide bonds. The molecule has 22 heavy (non-hydrogen) atoms. The van der Waals surface area contributed by atoms with Crippen LogP contribution in [0.15, 0.2) is 54.3 Å². The monoisotopic (exact) mass is 300 g/mol. The number of nitrogens with zero attached hydrogens (tertiary/aromatic N) is 1. The minimum atomic E-state index is -0.961. The van der Waals surface area contributed by atoms with Crippen LogP contribution in [0.3, 0.4) is 0 Å². The van der Waals surface area contributed by atoms with E-state index in [1.807, 2.05) is 30.3 Å². The normalized spacial score (nSPS) is 16.9. The average molecular weight is 300 g/mol. The van der Waals surface area contributed by atoms with Crippen LogP contribution in [0.5, 0.6) is 0 Å². The summed E-state index contributed by atoms with van der Waals surface area (Å²) in [6.45, 7) is 1.64. The van der Waals surface area contributed by atoms with Gasteiger partial charge in [-0.15, -0.1) is 0 Å². The third-order valence-electron chi connectivity index (χ3n) is 3.24. The van der Waals surface area contributed by atoms with Crippen LogP contribution in [0.2, 0.25) is 0 Å². The van der Waals surface area contributed by atoms with E-state index in [0.29, 0.717) is 4.90 Å². The zero-order valence-corrected chi connectivity index (χ0v) is 12.1. The molecule has 0 aromatic heterocycles. The van der Waals surface area contributed by atoms with Crippen molar-refractivity contribution in [3.8, 4) is 0 Å². The number of amides is 3. The topological polar surface area (TPSA) is 89.7 Å². The van der Waals surface area contributed by atoms with Crippen molar-refractivity contribution >= 4 is 17.9 Å². The Morgan fingerprint density at radius 1 is 1.27 bits per heavy atom. The molecular formula is C16H16N2O4. The Morgan fingerprint density at radius 2 is 1.95 bits per heavy atom. The van der Waals surface area contributed by atoms with E-state index in [-0.39, 0.29) is 18.1 Å². The summed E-state index contributed by atoms with van der Waals surface area (Å²) in [5.41, 5.74) is 5.87. The number of primary amides is 1. The highest BCUT2D eigenvalue weighted by Gasteiger charge is 2.29. The molecule has 1 aliphatic carbocycles. The smallest absolute Gasteiger partial charge is 0.406 e. The lowest BCUT2D eigenvalue weighted by Gasteiger charge is -2.20. The van der Waals surface area contributed by atoms with Gasteiger partial charge in [-0.25, -0.2) is 14.5 Å². The van der Waals surface area contributed by atoms with Crippen LogP contribution in [0.25, 0.3) is 0 Å². The van der Waals surface area contributed by atoms with Crippen LogP contribution in [0.4, 0.5) is 9.59 Å². The van der Waals surface area contributed by atoms with Gasteiger partial charge in [-0.3, -0.25) is 4.79 Å². The Kier molecular flexibility index (Phi) is 4.73. The van der Waals surface area contributed by atoms with Crippen LogP contribution in [-0.4, -0.2) is 29.4 Å². The summed E-state index contributed by atoms with van der Waals surface area (Å²) in [5, 5.41) is 0. The van der Waals surface area contributed by atoms with Crippen molar-refractivity contribution in [3.63, 3.8) is 0 Å². The maximum atomic E-state index is 12.4. The molecule has 114 valence electrons. The SMILES string of the molecule is CCN(C(N)=O)C(=O)OC1=CC=CC(c2ccccc2)C1=O. The number of Topliss-reactive ketones (excluding diaryl/α,β-unsaturated/α-hetero) is 1. The number of nitrogens with two attached hydrogens (primary N) is 1. The summed E-state index contributed by atoms with van der Waals surface area (Å²) in [4.78, 5) is 36.1. The molecule has 6 nitrogen and oxygen atoms in total. The highest BCUT2D eigenvalue weighted by molar-refractivity contribution is 6.03. The number of carbonyl (C=O) groups excluding carboxylic acids is 3. The summed E-state index contributed by atoms with van der Waals surface area (Å²) in [5.74, 6) is -0.971. The van der Waals surface area contributed by atoms with Crippen molar-refractivity contribution in [1.82, 2.24) is 4.90 Å². The van der Waals surface area contributed by atoms with Gasteiger partial charge in [-0.05, 0) is 18.6 Å². The van der Waals surface area contributed by atoms with Crippen LogP contribution >= 0.6 is 0 Å². The number of carbonyl (C=O) groups is 3. The maximum Gasteiger partial charge on any atom is 0.423 e. The van der Waals surface area contributed by atoms with E-state index in [9.17, 15) is 14.4 Å². The van der Waals surface area contributed by atoms with E-state index in [1.54, 1.807) is 19.1 Å². The third kappa shape index (κ3) is 3.22.